The molecule has 10 rings (SSSR count). The lowest BCUT2D eigenvalue weighted by atomic mass is 9.88. The SMILES string of the molecule is CCN(c1cc(C)cc(C)c1)c1ccc2c(c1)c1ccccc1c1cc3c4ccc(N(c5ccc(C)cc5)c5ccc(C)cc5)cc4c4ccccc4c3cc21. The van der Waals surface area contributed by atoms with Gasteiger partial charge >= 0.3 is 0 Å². The van der Waals surface area contributed by atoms with Crippen LogP contribution < -0.4 is 9.80 Å². The zero-order valence-electron chi connectivity index (χ0n) is 32.7. The van der Waals surface area contributed by atoms with Crippen LogP contribution >= 0.6 is 0 Å². The molecule has 0 fully saturated rings. The molecule has 0 aromatic heterocycles. The van der Waals surface area contributed by atoms with Crippen LogP contribution in [0.25, 0.3) is 64.6 Å². The van der Waals surface area contributed by atoms with Gasteiger partial charge in [0.1, 0.15) is 0 Å². The van der Waals surface area contributed by atoms with Crippen molar-refractivity contribution in [3.63, 3.8) is 0 Å². The summed E-state index contributed by atoms with van der Waals surface area (Å²) in [5.41, 5.74) is 11.0. The van der Waals surface area contributed by atoms with Gasteiger partial charge in [0.05, 0.1) is 0 Å². The van der Waals surface area contributed by atoms with Crippen molar-refractivity contribution in [1.82, 2.24) is 0 Å². The largest absolute Gasteiger partial charge is 0.342 e. The number of benzene rings is 10. The molecule has 0 aliphatic rings. The van der Waals surface area contributed by atoms with Crippen LogP contribution in [0.5, 0.6) is 0 Å². The smallest absolute Gasteiger partial charge is 0.0468 e. The normalized spacial score (nSPS) is 11.7. The van der Waals surface area contributed by atoms with Crippen molar-refractivity contribution in [2.45, 2.75) is 34.6 Å². The minimum absolute atomic E-state index is 0.888. The second-order valence-electron chi connectivity index (χ2n) is 15.6. The van der Waals surface area contributed by atoms with E-state index in [0.717, 1.165) is 23.6 Å². The summed E-state index contributed by atoms with van der Waals surface area (Å²) in [4.78, 5) is 4.82. The van der Waals surface area contributed by atoms with E-state index in [2.05, 4.69) is 208 Å². The van der Waals surface area contributed by atoms with E-state index in [0.29, 0.717) is 0 Å². The lowest BCUT2D eigenvalue weighted by Gasteiger charge is -2.26. The van der Waals surface area contributed by atoms with Gasteiger partial charge in [-0.1, -0.05) is 102 Å². The molecule has 2 nitrogen and oxygen atoms in total. The summed E-state index contributed by atoms with van der Waals surface area (Å²) in [6.45, 7) is 11.8. The Morgan fingerprint density at radius 3 is 1.07 bits per heavy atom. The Morgan fingerprint density at radius 2 is 0.643 bits per heavy atom. The van der Waals surface area contributed by atoms with Gasteiger partial charge in [-0.15, -0.1) is 0 Å². The third-order valence-electron chi connectivity index (χ3n) is 11.7. The summed E-state index contributed by atoms with van der Waals surface area (Å²) < 4.78 is 0. The zero-order chi connectivity index (χ0) is 38.1. The number of hydrogen-bond donors (Lipinski definition) is 0. The maximum absolute atomic E-state index is 2.47. The van der Waals surface area contributed by atoms with E-state index in [4.69, 9.17) is 0 Å². The summed E-state index contributed by atoms with van der Waals surface area (Å²) in [5, 5.41) is 15.4. The van der Waals surface area contributed by atoms with Gasteiger partial charge in [0.25, 0.3) is 0 Å². The molecule has 0 bridgehead atoms. The molecule has 0 aliphatic carbocycles. The molecule has 10 aromatic rings. The van der Waals surface area contributed by atoms with Gasteiger partial charge in [-0.25, -0.2) is 0 Å². The topological polar surface area (TPSA) is 6.48 Å². The van der Waals surface area contributed by atoms with Crippen molar-refractivity contribution < 1.29 is 0 Å². The average Bonchev–Trinajstić information content (AvgIpc) is 3.22. The molecule has 0 N–H and O–H groups in total. The van der Waals surface area contributed by atoms with E-state index < -0.39 is 0 Å². The first-order valence-electron chi connectivity index (χ1n) is 19.8. The average molecular weight is 721 g/mol. The van der Waals surface area contributed by atoms with Crippen LogP contribution in [0.4, 0.5) is 28.4 Å². The maximum atomic E-state index is 2.47. The second kappa shape index (κ2) is 13.3. The molecule has 0 radical (unpaired) electrons. The Balaban J connectivity index is 1.23. The number of anilines is 5. The predicted molar refractivity (Wildman–Crippen MR) is 244 cm³/mol. The highest BCUT2D eigenvalue weighted by atomic mass is 15.1. The van der Waals surface area contributed by atoms with E-state index in [-0.39, 0.29) is 0 Å². The van der Waals surface area contributed by atoms with Gasteiger partial charge in [-0.3, -0.25) is 0 Å². The Labute approximate surface area is 328 Å². The molecule has 10 aromatic carbocycles. The van der Waals surface area contributed by atoms with E-state index >= 15 is 0 Å². The van der Waals surface area contributed by atoms with Gasteiger partial charge in [-0.05, 0) is 183 Å². The van der Waals surface area contributed by atoms with Gasteiger partial charge in [0.15, 0.2) is 0 Å². The molecular weight excluding hydrogens is 677 g/mol. The Bertz CT molecular complexity index is 3090. The van der Waals surface area contributed by atoms with Crippen molar-refractivity contribution in [2.24, 2.45) is 0 Å². The van der Waals surface area contributed by atoms with Crippen LogP contribution in [0.1, 0.15) is 29.2 Å². The summed E-state index contributed by atoms with van der Waals surface area (Å²) in [6, 6.07) is 61.6. The van der Waals surface area contributed by atoms with Crippen molar-refractivity contribution in [2.75, 3.05) is 16.3 Å². The first kappa shape index (κ1) is 33.9. The Hall–Kier alpha value is -6.64. The number of hydrogen-bond acceptors (Lipinski definition) is 2. The maximum Gasteiger partial charge on any atom is 0.0468 e. The highest BCUT2D eigenvalue weighted by molar-refractivity contribution is 6.33. The molecule has 0 spiro atoms. The van der Waals surface area contributed by atoms with Crippen molar-refractivity contribution in [3.8, 4) is 0 Å². The number of fused-ring (bicyclic) bond motifs is 12. The number of aryl methyl sites for hydroxylation is 4. The first-order valence-corrected chi connectivity index (χ1v) is 19.8. The number of nitrogens with zero attached hydrogens (tertiary/aromatic N) is 2. The molecule has 0 atom stereocenters. The molecule has 2 heteroatoms. The summed E-state index contributed by atoms with van der Waals surface area (Å²) in [6.07, 6.45) is 0. The third-order valence-corrected chi connectivity index (χ3v) is 11.7. The third kappa shape index (κ3) is 5.56. The van der Waals surface area contributed by atoms with Crippen molar-refractivity contribution >= 4 is 93.1 Å². The van der Waals surface area contributed by atoms with Gasteiger partial charge in [0, 0.05) is 35.0 Å². The summed E-state index contributed by atoms with van der Waals surface area (Å²) in [7, 11) is 0. The van der Waals surface area contributed by atoms with Crippen LogP contribution in [-0.2, 0) is 0 Å². The van der Waals surface area contributed by atoms with Crippen LogP contribution in [0.2, 0.25) is 0 Å². The Morgan fingerprint density at radius 1 is 0.286 bits per heavy atom. The molecule has 56 heavy (non-hydrogen) atoms. The minimum Gasteiger partial charge on any atom is -0.342 e. The summed E-state index contributed by atoms with van der Waals surface area (Å²) in [5.74, 6) is 0. The second-order valence-corrected chi connectivity index (χ2v) is 15.6. The monoisotopic (exact) mass is 720 g/mol. The highest BCUT2D eigenvalue weighted by Gasteiger charge is 2.19. The zero-order valence-corrected chi connectivity index (χ0v) is 32.7. The lowest BCUT2D eigenvalue weighted by molar-refractivity contribution is 1.02. The molecular formula is C54H44N2. The fourth-order valence-electron chi connectivity index (χ4n) is 9.14. The van der Waals surface area contributed by atoms with Gasteiger partial charge in [-0.2, -0.15) is 0 Å². The highest BCUT2D eigenvalue weighted by Crippen LogP contribution is 2.45. The Kier molecular flexibility index (Phi) is 8.04. The molecule has 0 unspecified atom stereocenters. The first-order chi connectivity index (χ1) is 27.3. The van der Waals surface area contributed by atoms with Crippen LogP contribution in [0.15, 0.2) is 164 Å². The quantitative estimate of drug-likeness (QED) is 0.125. The molecule has 0 saturated carbocycles. The molecule has 270 valence electrons. The predicted octanol–water partition coefficient (Wildman–Crippen LogP) is 15.5. The fraction of sp³-hybridized carbons (Fsp3) is 0.111. The van der Waals surface area contributed by atoms with Crippen molar-refractivity contribution in [3.05, 3.63) is 186 Å². The van der Waals surface area contributed by atoms with Gasteiger partial charge in [0.2, 0.25) is 0 Å². The number of rotatable bonds is 6. The molecule has 0 heterocycles. The molecule has 0 aliphatic heterocycles. The fourth-order valence-corrected chi connectivity index (χ4v) is 9.14. The van der Waals surface area contributed by atoms with E-state index in [1.165, 1.54) is 98.3 Å². The van der Waals surface area contributed by atoms with E-state index in [1.54, 1.807) is 0 Å². The summed E-state index contributed by atoms with van der Waals surface area (Å²) >= 11 is 0. The van der Waals surface area contributed by atoms with Crippen LogP contribution in [0.3, 0.4) is 0 Å². The lowest BCUT2D eigenvalue weighted by Crippen LogP contribution is -2.16. The van der Waals surface area contributed by atoms with Crippen LogP contribution in [-0.4, -0.2) is 6.54 Å². The van der Waals surface area contributed by atoms with E-state index in [9.17, 15) is 0 Å². The molecule has 0 amide bonds. The van der Waals surface area contributed by atoms with Crippen LogP contribution in [0, 0.1) is 27.7 Å². The molecule has 0 saturated heterocycles. The van der Waals surface area contributed by atoms with Gasteiger partial charge < -0.3 is 9.80 Å². The van der Waals surface area contributed by atoms with E-state index in [1.807, 2.05) is 0 Å². The van der Waals surface area contributed by atoms with Crippen molar-refractivity contribution in [1.29, 1.82) is 0 Å². The standard InChI is InChI=1S/C54H44N2/c1-6-55(42-28-36(4)27-37(5)29-42)40-23-25-47-49(30-40)43-11-7-9-13-45(43)51-33-54-48-26-24-41(31-50(48)44-12-8-10-14-46(44)52(54)32-53(47)51)56(38-19-15-34(2)16-20-38)39-21-17-35(3)18-22-39/h7-33H,6H2,1-5H3. The minimum atomic E-state index is 0.888.